The second kappa shape index (κ2) is 9.72. The number of anilines is 1. The van der Waals surface area contributed by atoms with Gasteiger partial charge in [-0.15, -0.1) is 11.3 Å². The van der Waals surface area contributed by atoms with Crippen molar-refractivity contribution in [1.82, 2.24) is 19.7 Å². The topological polar surface area (TPSA) is 81.9 Å². The number of nitrogens with one attached hydrogen (secondary N) is 1. The van der Waals surface area contributed by atoms with Crippen LogP contribution in [0.15, 0.2) is 22.1 Å². The van der Waals surface area contributed by atoms with E-state index in [0.29, 0.717) is 22.1 Å². The molecule has 0 radical (unpaired) electrons. The summed E-state index contributed by atoms with van der Waals surface area (Å²) >= 11 is 1.33. The minimum absolute atomic E-state index is 0.100. The summed E-state index contributed by atoms with van der Waals surface area (Å²) < 4.78 is 5.16. The highest BCUT2D eigenvalue weighted by molar-refractivity contribution is 7.14. The Balaban J connectivity index is 1.21. The number of carbonyl (C=O) groups excluding carboxylic acids is 2. The average molecular weight is 432 g/mol. The lowest BCUT2D eigenvalue weighted by molar-refractivity contribution is -0.132. The molecular formula is C21H29N5O3S. The molecule has 9 heteroatoms. The minimum atomic E-state index is -0.251. The van der Waals surface area contributed by atoms with Gasteiger partial charge < -0.3 is 14.2 Å². The fourth-order valence-electron chi connectivity index (χ4n) is 4.01. The minimum Gasteiger partial charge on any atom is -0.469 e. The Morgan fingerprint density at radius 2 is 1.80 bits per heavy atom. The average Bonchev–Trinajstić information content (AvgIpc) is 3.49. The molecule has 2 fully saturated rings. The predicted molar refractivity (Wildman–Crippen MR) is 116 cm³/mol. The van der Waals surface area contributed by atoms with Crippen molar-refractivity contribution in [1.29, 1.82) is 0 Å². The third kappa shape index (κ3) is 5.27. The number of carbonyl (C=O) groups is 2. The lowest BCUT2D eigenvalue weighted by atomic mass is 10.2. The van der Waals surface area contributed by atoms with Gasteiger partial charge in [0.2, 0.25) is 5.91 Å². The molecule has 4 heterocycles. The number of amides is 2. The first kappa shape index (κ1) is 21.0. The summed E-state index contributed by atoms with van der Waals surface area (Å²) in [6.45, 7) is 9.84. The molecule has 2 aromatic heterocycles. The van der Waals surface area contributed by atoms with Crippen molar-refractivity contribution in [2.45, 2.75) is 26.2 Å². The Morgan fingerprint density at radius 1 is 1.10 bits per heavy atom. The molecule has 0 saturated carbocycles. The van der Waals surface area contributed by atoms with E-state index in [1.807, 2.05) is 10.3 Å². The van der Waals surface area contributed by atoms with Crippen molar-refractivity contribution < 1.29 is 14.0 Å². The highest BCUT2D eigenvalue weighted by Crippen LogP contribution is 2.19. The molecule has 1 N–H and O–H groups in total. The van der Waals surface area contributed by atoms with Crippen molar-refractivity contribution in [3.05, 3.63) is 34.7 Å². The second-order valence-corrected chi connectivity index (χ2v) is 8.79. The van der Waals surface area contributed by atoms with Crippen LogP contribution in [0.4, 0.5) is 5.13 Å². The summed E-state index contributed by atoms with van der Waals surface area (Å²) in [5.41, 5.74) is 1.19. The van der Waals surface area contributed by atoms with Gasteiger partial charge in [-0.25, -0.2) is 4.98 Å². The lowest BCUT2D eigenvalue weighted by Crippen LogP contribution is -2.50. The molecule has 8 nitrogen and oxygen atoms in total. The van der Waals surface area contributed by atoms with E-state index in [4.69, 9.17) is 4.42 Å². The van der Waals surface area contributed by atoms with Gasteiger partial charge >= 0.3 is 0 Å². The molecule has 0 atom stereocenters. The Hall–Kier alpha value is -2.23. The number of thiazole rings is 1. The quantitative estimate of drug-likeness (QED) is 0.723. The van der Waals surface area contributed by atoms with Gasteiger partial charge in [-0.05, 0) is 38.9 Å². The highest BCUT2D eigenvalue weighted by atomic mass is 32.1. The van der Waals surface area contributed by atoms with E-state index in [9.17, 15) is 9.59 Å². The van der Waals surface area contributed by atoms with Crippen LogP contribution in [0.5, 0.6) is 0 Å². The number of aryl methyl sites for hydroxylation is 1. The zero-order valence-corrected chi connectivity index (χ0v) is 18.2. The van der Waals surface area contributed by atoms with E-state index < -0.39 is 0 Å². The maximum absolute atomic E-state index is 12.7. The summed E-state index contributed by atoms with van der Waals surface area (Å²) in [7, 11) is 0. The molecule has 2 amide bonds. The molecule has 30 heavy (non-hydrogen) atoms. The van der Waals surface area contributed by atoms with E-state index in [0.717, 1.165) is 39.3 Å². The number of nitrogens with zero attached hydrogens (tertiary/aromatic N) is 4. The number of likely N-dealkylation sites (tertiary alicyclic amines) is 1. The summed E-state index contributed by atoms with van der Waals surface area (Å²) in [5.74, 6) is 0.417. The molecule has 0 unspecified atom stereocenters. The van der Waals surface area contributed by atoms with Gasteiger partial charge in [0.25, 0.3) is 5.91 Å². The highest BCUT2D eigenvalue weighted by Gasteiger charge is 2.23. The first-order valence-electron chi connectivity index (χ1n) is 10.6. The third-order valence-electron chi connectivity index (χ3n) is 5.86. The van der Waals surface area contributed by atoms with Crippen LogP contribution in [0.25, 0.3) is 0 Å². The molecule has 162 valence electrons. The molecule has 2 aliphatic rings. The molecule has 4 rings (SSSR count). The lowest BCUT2D eigenvalue weighted by Gasteiger charge is -2.35. The molecule has 0 spiro atoms. The zero-order chi connectivity index (χ0) is 20.9. The van der Waals surface area contributed by atoms with Gasteiger partial charge in [-0.1, -0.05) is 0 Å². The number of hydrogen-bond donors (Lipinski definition) is 1. The van der Waals surface area contributed by atoms with E-state index in [1.165, 1.54) is 43.5 Å². The van der Waals surface area contributed by atoms with Gasteiger partial charge in [0.15, 0.2) is 5.13 Å². The monoisotopic (exact) mass is 431 g/mol. The van der Waals surface area contributed by atoms with Crippen molar-refractivity contribution in [2.24, 2.45) is 0 Å². The van der Waals surface area contributed by atoms with Crippen LogP contribution in [0.1, 0.15) is 34.7 Å². The molecule has 2 aliphatic heterocycles. The Bertz CT molecular complexity index is 866. The van der Waals surface area contributed by atoms with E-state index in [-0.39, 0.29) is 18.2 Å². The standard InChI is InChI=1S/C21H29N5O3S/c1-16-18(4-13-29-16)20(28)23-21-22-17(15-30-21)14-19(27)26-11-9-25(10-12-26)8-7-24-5-2-3-6-24/h4,13,15H,2-3,5-12,14H2,1H3,(H,22,23,28). The largest absolute Gasteiger partial charge is 0.469 e. The Labute approximate surface area is 180 Å². The van der Waals surface area contributed by atoms with Crippen molar-refractivity contribution in [3.63, 3.8) is 0 Å². The van der Waals surface area contributed by atoms with Crippen LogP contribution < -0.4 is 5.32 Å². The van der Waals surface area contributed by atoms with Gasteiger partial charge in [-0.2, -0.15) is 0 Å². The van der Waals surface area contributed by atoms with Crippen LogP contribution >= 0.6 is 11.3 Å². The van der Waals surface area contributed by atoms with Gasteiger partial charge in [0.1, 0.15) is 5.76 Å². The van der Waals surface area contributed by atoms with E-state index in [2.05, 4.69) is 20.1 Å². The van der Waals surface area contributed by atoms with Crippen molar-refractivity contribution in [2.75, 3.05) is 57.7 Å². The number of hydrogen-bond acceptors (Lipinski definition) is 7. The summed E-state index contributed by atoms with van der Waals surface area (Å²) in [6.07, 6.45) is 4.41. The molecule has 0 aromatic carbocycles. The smallest absolute Gasteiger partial charge is 0.260 e. The van der Waals surface area contributed by atoms with Crippen LogP contribution in [-0.4, -0.2) is 83.9 Å². The van der Waals surface area contributed by atoms with Gasteiger partial charge in [-0.3, -0.25) is 19.8 Å². The molecule has 0 bridgehead atoms. The fraction of sp³-hybridized carbons (Fsp3) is 0.571. The molecule has 0 aliphatic carbocycles. The molecule has 2 aromatic rings. The van der Waals surface area contributed by atoms with E-state index >= 15 is 0 Å². The SMILES string of the molecule is Cc1occc1C(=O)Nc1nc(CC(=O)N2CCN(CCN3CCCC3)CC2)cs1. The van der Waals surface area contributed by atoms with Crippen LogP contribution in [0, 0.1) is 6.92 Å². The van der Waals surface area contributed by atoms with Gasteiger partial charge in [0, 0.05) is 44.6 Å². The van der Waals surface area contributed by atoms with Crippen molar-refractivity contribution >= 4 is 28.3 Å². The van der Waals surface area contributed by atoms with Crippen LogP contribution in [0.2, 0.25) is 0 Å². The van der Waals surface area contributed by atoms with Gasteiger partial charge in [0.05, 0.1) is 23.9 Å². The summed E-state index contributed by atoms with van der Waals surface area (Å²) in [6, 6.07) is 1.63. The van der Waals surface area contributed by atoms with Crippen LogP contribution in [0.3, 0.4) is 0 Å². The predicted octanol–water partition coefficient (Wildman–Crippen LogP) is 2.08. The third-order valence-corrected chi connectivity index (χ3v) is 6.67. The molecular weight excluding hydrogens is 402 g/mol. The van der Waals surface area contributed by atoms with Crippen molar-refractivity contribution in [3.8, 4) is 0 Å². The Kier molecular flexibility index (Phi) is 6.81. The number of rotatable bonds is 7. The first-order valence-corrected chi connectivity index (χ1v) is 11.5. The number of aromatic nitrogens is 1. The number of piperazine rings is 1. The fourth-order valence-corrected chi connectivity index (χ4v) is 4.71. The summed E-state index contributed by atoms with van der Waals surface area (Å²) in [4.78, 5) is 36.2. The van der Waals surface area contributed by atoms with Crippen LogP contribution in [-0.2, 0) is 11.2 Å². The second-order valence-electron chi connectivity index (χ2n) is 7.94. The first-order chi connectivity index (χ1) is 14.6. The Morgan fingerprint density at radius 3 is 2.47 bits per heavy atom. The molecule has 2 saturated heterocycles. The number of furan rings is 1. The normalized spacial score (nSPS) is 18.1. The zero-order valence-electron chi connectivity index (χ0n) is 17.4. The van der Waals surface area contributed by atoms with E-state index in [1.54, 1.807) is 13.0 Å². The maximum Gasteiger partial charge on any atom is 0.260 e. The maximum atomic E-state index is 12.7. The summed E-state index contributed by atoms with van der Waals surface area (Å²) in [5, 5.41) is 5.11.